The minimum atomic E-state index is -0.250. The summed E-state index contributed by atoms with van der Waals surface area (Å²) in [6.07, 6.45) is 5.71. The number of anilines is 1. The molecule has 7 nitrogen and oxygen atoms in total. The van der Waals surface area contributed by atoms with Crippen molar-refractivity contribution in [1.82, 2.24) is 15.3 Å². The third-order valence-electron chi connectivity index (χ3n) is 3.62. The number of aryl methyl sites for hydroxylation is 1. The number of aromatic nitrogens is 2. The Morgan fingerprint density at radius 3 is 2.61 bits per heavy atom. The Morgan fingerprint density at radius 1 is 1.26 bits per heavy atom. The van der Waals surface area contributed by atoms with Crippen LogP contribution in [0.2, 0.25) is 0 Å². The molecular weight excluding hydrogens is 296 g/mol. The summed E-state index contributed by atoms with van der Waals surface area (Å²) in [6, 6.07) is 8.47. The molecule has 0 bridgehead atoms. The predicted molar refractivity (Wildman–Crippen MR) is 84.9 cm³/mol. The molecule has 1 aromatic carbocycles. The number of fused-ring (bicyclic) bond motifs is 1. The lowest BCUT2D eigenvalue weighted by atomic mass is 9.88. The summed E-state index contributed by atoms with van der Waals surface area (Å²) in [5.41, 5.74) is 8.54. The lowest BCUT2D eigenvalue weighted by Gasteiger charge is -2.25. The molecule has 0 unspecified atom stereocenters. The largest absolute Gasteiger partial charge is 0.483 e. The van der Waals surface area contributed by atoms with Crippen molar-refractivity contribution in [3.8, 4) is 0 Å². The van der Waals surface area contributed by atoms with E-state index >= 15 is 0 Å². The van der Waals surface area contributed by atoms with Crippen LogP contribution in [-0.4, -0.2) is 33.5 Å². The molecule has 1 atom stereocenters. The quantitative estimate of drug-likeness (QED) is 0.713. The smallest absolute Gasteiger partial charge is 0.290 e. The summed E-state index contributed by atoms with van der Waals surface area (Å²) in [5.74, 6) is -0.0822. The van der Waals surface area contributed by atoms with Gasteiger partial charge in [0.25, 0.3) is 12.4 Å². The molecule has 7 heteroatoms. The molecule has 120 valence electrons. The van der Waals surface area contributed by atoms with Crippen molar-refractivity contribution in [2.45, 2.75) is 25.3 Å². The van der Waals surface area contributed by atoms with E-state index in [9.17, 15) is 4.79 Å². The topological polar surface area (TPSA) is 118 Å². The number of amides is 1. The van der Waals surface area contributed by atoms with Crippen molar-refractivity contribution in [3.05, 3.63) is 53.5 Å². The summed E-state index contributed by atoms with van der Waals surface area (Å²) < 4.78 is 0. The van der Waals surface area contributed by atoms with Crippen LogP contribution < -0.4 is 11.1 Å². The lowest BCUT2D eigenvalue weighted by molar-refractivity contribution is -0.122. The molecule has 0 saturated heterocycles. The second kappa shape index (κ2) is 7.88. The average molecular weight is 314 g/mol. The van der Waals surface area contributed by atoms with Gasteiger partial charge in [0.15, 0.2) is 11.5 Å². The highest BCUT2D eigenvalue weighted by molar-refractivity contribution is 5.96. The number of nitrogens with one attached hydrogen (secondary N) is 1. The number of nitrogens with two attached hydrogens (primary N) is 1. The van der Waals surface area contributed by atoms with Gasteiger partial charge in [-0.3, -0.25) is 9.59 Å². The summed E-state index contributed by atoms with van der Waals surface area (Å²) in [7, 11) is 0. The summed E-state index contributed by atoms with van der Waals surface area (Å²) in [5, 5.41) is 9.88. The molecule has 23 heavy (non-hydrogen) atoms. The number of nitrogens with zero attached hydrogens (tertiary/aromatic N) is 2. The number of nitrogen functional groups attached to an aromatic ring is 1. The van der Waals surface area contributed by atoms with Gasteiger partial charge in [-0.25, -0.2) is 9.97 Å². The highest BCUT2D eigenvalue weighted by Crippen LogP contribution is 2.21. The van der Waals surface area contributed by atoms with Crippen molar-refractivity contribution in [1.29, 1.82) is 0 Å². The fourth-order valence-corrected chi connectivity index (χ4v) is 2.60. The minimum Gasteiger partial charge on any atom is -0.483 e. The first-order valence-corrected chi connectivity index (χ1v) is 7.17. The van der Waals surface area contributed by atoms with E-state index in [1.165, 1.54) is 23.5 Å². The van der Waals surface area contributed by atoms with E-state index in [1.54, 1.807) is 0 Å². The zero-order valence-electron chi connectivity index (χ0n) is 12.5. The first kappa shape index (κ1) is 16.4. The number of hydrogen-bond acceptors (Lipinski definition) is 5. The molecule has 3 rings (SSSR count). The fraction of sp³-hybridized carbons (Fsp3) is 0.250. The van der Waals surface area contributed by atoms with Crippen LogP contribution in [0.5, 0.6) is 0 Å². The van der Waals surface area contributed by atoms with E-state index in [4.69, 9.17) is 15.6 Å². The molecule has 1 heterocycles. The van der Waals surface area contributed by atoms with Gasteiger partial charge in [-0.2, -0.15) is 0 Å². The molecule has 0 radical (unpaired) electrons. The monoisotopic (exact) mass is 314 g/mol. The number of rotatable bonds is 2. The molecule has 0 saturated carbocycles. The number of carbonyl (C=O) groups excluding carboxylic acids is 1. The van der Waals surface area contributed by atoms with E-state index in [0.717, 1.165) is 19.3 Å². The summed E-state index contributed by atoms with van der Waals surface area (Å²) in [4.78, 5) is 28.4. The van der Waals surface area contributed by atoms with Gasteiger partial charge in [0.05, 0.1) is 0 Å². The Hall–Kier alpha value is -2.96. The van der Waals surface area contributed by atoms with E-state index in [-0.39, 0.29) is 29.9 Å². The third-order valence-corrected chi connectivity index (χ3v) is 3.62. The Balaban J connectivity index is 0.000000595. The standard InChI is InChI=1S/C15H16N4O.CH2O2/c16-14-13(17-7-8-18-14)15(20)19-12-6-5-10-3-1-2-4-11(10)9-12;2-1-3/h1-4,7-8,12H,5-6,9H2,(H2,16,18)(H,19,20);1H,(H,2,3)/t12-;/m0./s1. The first-order chi connectivity index (χ1) is 11.2. The van der Waals surface area contributed by atoms with Crippen molar-refractivity contribution in [2.75, 3.05) is 5.73 Å². The Bertz CT molecular complexity index is 691. The molecule has 1 aliphatic carbocycles. The highest BCUT2D eigenvalue weighted by Gasteiger charge is 2.21. The van der Waals surface area contributed by atoms with Gasteiger partial charge in [-0.05, 0) is 30.4 Å². The Morgan fingerprint density at radius 2 is 1.91 bits per heavy atom. The Kier molecular flexibility index (Phi) is 5.62. The van der Waals surface area contributed by atoms with E-state index in [2.05, 4.69) is 33.5 Å². The Labute approximate surface area is 133 Å². The summed E-state index contributed by atoms with van der Waals surface area (Å²) >= 11 is 0. The first-order valence-electron chi connectivity index (χ1n) is 7.17. The lowest BCUT2D eigenvalue weighted by Crippen LogP contribution is -2.39. The van der Waals surface area contributed by atoms with Gasteiger partial charge in [-0.15, -0.1) is 0 Å². The number of carboxylic acid groups (broad SMARTS) is 1. The molecule has 1 aliphatic rings. The van der Waals surface area contributed by atoms with Crippen LogP contribution in [0.4, 0.5) is 5.82 Å². The van der Waals surface area contributed by atoms with Crippen LogP contribution in [0.15, 0.2) is 36.7 Å². The molecule has 4 N–H and O–H groups in total. The van der Waals surface area contributed by atoms with Gasteiger partial charge >= 0.3 is 0 Å². The number of carbonyl (C=O) groups is 2. The SMILES string of the molecule is Nc1nccnc1C(=O)N[C@H]1CCc2ccccc2C1.O=CO. The van der Waals surface area contributed by atoms with Crippen LogP contribution in [0.25, 0.3) is 0 Å². The summed E-state index contributed by atoms with van der Waals surface area (Å²) in [6.45, 7) is -0.250. The van der Waals surface area contributed by atoms with Gasteiger partial charge in [-0.1, -0.05) is 24.3 Å². The third kappa shape index (κ3) is 4.26. The molecule has 0 fully saturated rings. The van der Waals surface area contributed by atoms with E-state index < -0.39 is 0 Å². The van der Waals surface area contributed by atoms with Crippen molar-refractivity contribution < 1.29 is 14.7 Å². The minimum absolute atomic E-state index is 0.124. The second-order valence-corrected chi connectivity index (χ2v) is 5.08. The maximum atomic E-state index is 12.2. The zero-order chi connectivity index (χ0) is 16.7. The molecule has 0 spiro atoms. The number of benzene rings is 1. The predicted octanol–water partition coefficient (Wildman–Crippen LogP) is 1.05. The zero-order valence-corrected chi connectivity index (χ0v) is 12.5. The average Bonchev–Trinajstić information content (AvgIpc) is 2.56. The van der Waals surface area contributed by atoms with Crippen LogP contribution in [0.3, 0.4) is 0 Å². The van der Waals surface area contributed by atoms with Crippen molar-refractivity contribution >= 4 is 18.2 Å². The van der Waals surface area contributed by atoms with E-state index in [0.29, 0.717) is 0 Å². The van der Waals surface area contributed by atoms with Gasteiger partial charge in [0.2, 0.25) is 0 Å². The maximum absolute atomic E-state index is 12.2. The fourth-order valence-electron chi connectivity index (χ4n) is 2.60. The molecule has 1 amide bonds. The highest BCUT2D eigenvalue weighted by atomic mass is 16.3. The normalized spacial score (nSPS) is 15.6. The van der Waals surface area contributed by atoms with Gasteiger partial charge < -0.3 is 16.2 Å². The molecule has 0 aliphatic heterocycles. The van der Waals surface area contributed by atoms with Gasteiger partial charge in [0.1, 0.15) is 0 Å². The van der Waals surface area contributed by atoms with Crippen LogP contribution in [0, 0.1) is 0 Å². The molecule has 2 aromatic rings. The molecular formula is C16H18N4O3. The van der Waals surface area contributed by atoms with Crippen molar-refractivity contribution in [2.24, 2.45) is 0 Å². The van der Waals surface area contributed by atoms with E-state index in [1.807, 2.05) is 6.07 Å². The van der Waals surface area contributed by atoms with Gasteiger partial charge in [0, 0.05) is 18.4 Å². The molecule has 1 aromatic heterocycles. The maximum Gasteiger partial charge on any atom is 0.290 e. The van der Waals surface area contributed by atoms with Crippen LogP contribution in [-0.2, 0) is 17.6 Å². The van der Waals surface area contributed by atoms with Crippen LogP contribution >= 0.6 is 0 Å². The second-order valence-electron chi connectivity index (χ2n) is 5.08. The number of hydrogen-bond donors (Lipinski definition) is 3. The van der Waals surface area contributed by atoms with Crippen molar-refractivity contribution in [3.63, 3.8) is 0 Å². The van der Waals surface area contributed by atoms with Crippen LogP contribution in [0.1, 0.15) is 28.0 Å².